The number of carbonyl (C=O) groups is 1. The van der Waals surface area contributed by atoms with Crippen LogP contribution in [-0.2, 0) is 4.79 Å². The fourth-order valence-corrected chi connectivity index (χ4v) is 1.38. The molecular weight excluding hydrogens is 152 g/mol. The van der Waals surface area contributed by atoms with E-state index in [1.807, 2.05) is 39.6 Å². The molecule has 1 aliphatic rings. The number of rotatable bonds is 1. The third kappa shape index (κ3) is 1.22. The van der Waals surface area contributed by atoms with Gasteiger partial charge in [-0.2, -0.15) is 0 Å². The van der Waals surface area contributed by atoms with Crippen LogP contribution in [-0.4, -0.2) is 41.0 Å². The van der Waals surface area contributed by atoms with E-state index in [0.29, 0.717) is 6.04 Å². The molecule has 0 bridgehead atoms. The molecule has 0 radical (unpaired) electrons. The molecule has 0 aromatic carbocycles. The molecule has 0 aromatic heterocycles. The van der Waals surface area contributed by atoms with Crippen molar-refractivity contribution in [3.05, 3.63) is 0 Å². The molecule has 1 fully saturated rings. The zero-order chi connectivity index (χ0) is 9.52. The van der Waals surface area contributed by atoms with Crippen LogP contribution < -0.4 is 0 Å². The Morgan fingerprint density at radius 3 is 2.08 bits per heavy atom. The molecule has 0 atom stereocenters. The van der Waals surface area contributed by atoms with Crippen LogP contribution in [0.25, 0.3) is 0 Å². The average molecular weight is 170 g/mol. The number of likely N-dealkylation sites (N-methyl/N-ethyl adjacent to an activating group) is 1. The summed E-state index contributed by atoms with van der Waals surface area (Å²) in [5.41, 5.74) is -0.315. The lowest BCUT2D eigenvalue weighted by molar-refractivity contribution is -0.133. The number of carbonyl (C=O) groups excluding carboxylic acids is 1. The molecular formula is C9H18N2O. The lowest BCUT2D eigenvalue weighted by Crippen LogP contribution is -2.42. The molecule has 3 nitrogen and oxygen atoms in total. The standard InChI is InChI=1S/C9H18N2O/c1-7(2)11-6-10(5)9(3,4)8(11)12/h7H,6H2,1-5H3. The fraction of sp³-hybridized carbons (Fsp3) is 0.889. The summed E-state index contributed by atoms with van der Waals surface area (Å²) in [6.45, 7) is 8.79. The first-order valence-electron chi connectivity index (χ1n) is 4.39. The van der Waals surface area contributed by atoms with E-state index in [-0.39, 0.29) is 11.4 Å². The van der Waals surface area contributed by atoms with E-state index >= 15 is 0 Å². The van der Waals surface area contributed by atoms with Crippen LogP contribution in [0.4, 0.5) is 0 Å². The Hall–Kier alpha value is -0.570. The molecule has 0 aliphatic carbocycles. The monoisotopic (exact) mass is 170 g/mol. The number of hydrogen-bond acceptors (Lipinski definition) is 2. The van der Waals surface area contributed by atoms with Gasteiger partial charge in [0.2, 0.25) is 5.91 Å². The Morgan fingerprint density at radius 2 is 1.92 bits per heavy atom. The minimum Gasteiger partial charge on any atom is -0.326 e. The second-order valence-electron chi connectivity index (χ2n) is 4.27. The van der Waals surface area contributed by atoms with Gasteiger partial charge >= 0.3 is 0 Å². The summed E-state index contributed by atoms with van der Waals surface area (Å²) < 4.78 is 0. The predicted octanol–water partition coefficient (Wildman–Crippen LogP) is 0.905. The average Bonchev–Trinajstić information content (AvgIpc) is 2.13. The predicted molar refractivity (Wildman–Crippen MR) is 48.7 cm³/mol. The molecule has 1 amide bonds. The molecule has 0 N–H and O–H groups in total. The summed E-state index contributed by atoms with van der Waals surface area (Å²) in [5, 5.41) is 0. The first-order chi connectivity index (χ1) is 5.37. The van der Waals surface area contributed by atoms with Crippen molar-refractivity contribution in [3.63, 3.8) is 0 Å². The molecule has 1 aliphatic heterocycles. The van der Waals surface area contributed by atoms with Gasteiger partial charge in [-0.3, -0.25) is 9.69 Å². The van der Waals surface area contributed by atoms with Gasteiger partial charge in [0.15, 0.2) is 0 Å². The SMILES string of the molecule is CC(C)N1CN(C)C(C)(C)C1=O. The normalized spacial score (nSPS) is 24.2. The van der Waals surface area contributed by atoms with E-state index < -0.39 is 0 Å². The van der Waals surface area contributed by atoms with Crippen LogP contribution in [0.3, 0.4) is 0 Å². The van der Waals surface area contributed by atoms with E-state index in [0.717, 1.165) is 6.67 Å². The highest BCUT2D eigenvalue weighted by molar-refractivity contribution is 5.87. The van der Waals surface area contributed by atoms with Gasteiger partial charge in [0.1, 0.15) is 0 Å². The van der Waals surface area contributed by atoms with Crippen molar-refractivity contribution >= 4 is 5.91 Å². The second-order valence-corrected chi connectivity index (χ2v) is 4.27. The summed E-state index contributed by atoms with van der Waals surface area (Å²) in [6.07, 6.45) is 0. The fourth-order valence-electron chi connectivity index (χ4n) is 1.38. The number of amides is 1. The lowest BCUT2D eigenvalue weighted by atomic mass is 10.0. The first-order valence-corrected chi connectivity index (χ1v) is 4.39. The summed E-state index contributed by atoms with van der Waals surface area (Å²) in [4.78, 5) is 15.7. The van der Waals surface area contributed by atoms with E-state index in [2.05, 4.69) is 4.90 Å². The molecule has 1 rings (SSSR count). The Morgan fingerprint density at radius 1 is 1.42 bits per heavy atom. The highest BCUT2D eigenvalue weighted by Crippen LogP contribution is 2.24. The van der Waals surface area contributed by atoms with E-state index in [9.17, 15) is 4.79 Å². The quantitative estimate of drug-likeness (QED) is 0.584. The van der Waals surface area contributed by atoms with Crippen molar-refractivity contribution in [2.75, 3.05) is 13.7 Å². The smallest absolute Gasteiger partial charge is 0.243 e. The summed E-state index contributed by atoms with van der Waals surface area (Å²) in [7, 11) is 1.99. The van der Waals surface area contributed by atoms with Crippen molar-refractivity contribution < 1.29 is 4.79 Å². The van der Waals surface area contributed by atoms with E-state index in [1.165, 1.54) is 0 Å². The third-order valence-corrected chi connectivity index (χ3v) is 2.73. The van der Waals surface area contributed by atoms with Gasteiger partial charge in [-0.1, -0.05) is 0 Å². The van der Waals surface area contributed by atoms with Gasteiger partial charge in [0.05, 0.1) is 12.2 Å². The molecule has 0 unspecified atom stereocenters. The summed E-state index contributed by atoms with van der Waals surface area (Å²) in [6, 6.07) is 0.307. The first kappa shape index (κ1) is 9.52. The van der Waals surface area contributed by atoms with Crippen LogP contribution in [0.5, 0.6) is 0 Å². The Kier molecular flexibility index (Phi) is 2.17. The van der Waals surface area contributed by atoms with Crippen LogP contribution in [0, 0.1) is 0 Å². The Bertz CT molecular complexity index is 199. The summed E-state index contributed by atoms with van der Waals surface area (Å²) in [5.74, 6) is 0.236. The van der Waals surface area contributed by atoms with Crippen LogP contribution in [0.15, 0.2) is 0 Å². The maximum atomic E-state index is 11.8. The van der Waals surface area contributed by atoms with Gasteiger partial charge in [-0.05, 0) is 34.7 Å². The van der Waals surface area contributed by atoms with Crippen LogP contribution >= 0.6 is 0 Å². The highest BCUT2D eigenvalue weighted by atomic mass is 16.2. The molecule has 12 heavy (non-hydrogen) atoms. The van der Waals surface area contributed by atoms with Gasteiger partial charge in [-0.25, -0.2) is 0 Å². The zero-order valence-electron chi connectivity index (χ0n) is 8.59. The minimum absolute atomic E-state index is 0.236. The molecule has 0 aromatic rings. The molecule has 0 spiro atoms. The molecule has 3 heteroatoms. The van der Waals surface area contributed by atoms with Gasteiger partial charge in [-0.15, -0.1) is 0 Å². The Balaban J connectivity index is 2.84. The molecule has 1 saturated heterocycles. The van der Waals surface area contributed by atoms with Gasteiger partial charge in [0, 0.05) is 6.04 Å². The topological polar surface area (TPSA) is 23.6 Å². The molecule has 0 saturated carbocycles. The van der Waals surface area contributed by atoms with Crippen LogP contribution in [0.1, 0.15) is 27.7 Å². The second kappa shape index (κ2) is 2.73. The van der Waals surface area contributed by atoms with Crippen molar-refractivity contribution in [3.8, 4) is 0 Å². The maximum absolute atomic E-state index is 11.8. The third-order valence-electron chi connectivity index (χ3n) is 2.73. The van der Waals surface area contributed by atoms with Crippen molar-refractivity contribution in [2.24, 2.45) is 0 Å². The van der Waals surface area contributed by atoms with Crippen molar-refractivity contribution in [1.82, 2.24) is 9.80 Å². The van der Waals surface area contributed by atoms with E-state index in [1.54, 1.807) is 0 Å². The molecule has 1 heterocycles. The Labute approximate surface area is 74.3 Å². The minimum atomic E-state index is -0.315. The lowest BCUT2D eigenvalue weighted by Gasteiger charge is -2.23. The van der Waals surface area contributed by atoms with Crippen LogP contribution in [0.2, 0.25) is 0 Å². The molecule has 70 valence electrons. The summed E-state index contributed by atoms with van der Waals surface area (Å²) >= 11 is 0. The van der Waals surface area contributed by atoms with Crippen molar-refractivity contribution in [2.45, 2.75) is 39.3 Å². The number of hydrogen-bond donors (Lipinski definition) is 0. The van der Waals surface area contributed by atoms with Gasteiger partial charge < -0.3 is 4.90 Å². The zero-order valence-corrected chi connectivity index (χ0v) is 8.59. The highest BCUT2D eigenvalue weighted by Gasteiger charge is 2.43. The maximum Gasteiger partial charge on any atom is 0.243 e. The largest absolute Gasteiger partial charge is 0.326 e. The van der Waals surface area contributed by atoms with Gasteiger partial charge in [0.25, 0.3) is 0 Å². The van der Waals surface area contributed by atoms with E-state index in [4.69, 9.17) is 0 Å². The number of nitrogens with zero attached hydrogens (tertiary/aromatic N) is 2. The van der Waals surface area contributed by atoms with Crippen molar-refractivity contribution in [1.29, 1.82) is 0 Å².